The van der Waals surface area contributed by atoms with E-state index in [2.05, 4.69) is 19.2 Å². The highest BCUT2D eigenvalue weighted by Crippen LogP contribution is 2.70. The SMILES string of the molecule is COCCC(=O)N[C@H]1C(C)(C)[C@@H]2C[C@@H]3[C@@H](c4cccc(F)c4F)OCCC31C2. The predicted molar refractivity (Wildman–Crippen MR) is 101 cm³/mol. The molecule has 2 aliphatic carbocycles. The zero-order valence-corrected chi connectivity index (χ0v) is 16.8. The van der Waals surface area contributed by atoms with E-state index in [1.54, 1.807) is 19.2 Å². The van der Waals surface area contributed by atoms with Crippen LogP contribution in [0.25, 0.3) is 0 Å². The fourth-order valence-corrected chi connectivity index (χ4v) is 6.26. The lowest BCUT2D eigenvalue weighted by molar-refractivity contribution is -0.138. The number of hydrogen-bond donors (Lipinski definition) is 1. The Morgan fingerprint density at radius 3 is 2.89 bits per heavy atom. The molecule has 1 saturated heterocycles. The average molecular weight is 393 g/mol. The van der Waals surface area contributed by atoms with Crippen LogP contribution in [0.15, 0.2) is 18.2 Å². The Hall–Kier alpha value is -1.53. The third-order valence-corrected chi connectivity index (χ3v) is 7.63. The van der Waals surface area contributed by atoms with Crippen molar-refractivity contribution in [3.8, 4) is 0 Å². The Labute approximate surface area is 165 Å². The molecule has 6 heteroatoms. The first-order valence-electron chi connectivity index (χ1n) is 10.1. The van der Waals surface area contributed by atoms with Gasteiger partial charge in [0.05, 0.1) is 12.7 Å². The highest BCUT2D eigenvalue weighted by atomic mass is 19.2. The number of ether oxygens (including phenoxy) is 2. The van der Waals surface area contributed by atoms with Crippen LogP contribution in [0.2, 0.25) is 0 Å². The number of nitrogens with one attached hydrogen (secondary N) is 1. The minimum atomic E-state index is -0.839. The van der Waals surface area contributed by atoms with Crippen molar-refractivity contribution in [2.24, 2.45) is 22.7 Å². The normalized spacial score (nSPS) is 35.6. The van der Waals surface area contributed by atoms with Gasteiger partial charge in [0.15, 0.2) is 11.6 Å². The van der Waals surface area contributed by atoms with Gasteiger partial charge in [0, 0.05) is 31.7 Å². The van der Waals surface area contributed by atoms with Crippen LogP contribution >= 0.6 is 0 Å². The number of benzene rings is 1. The molecular formula is C22H29F2NO3. The molecule has 0 radical (unpaired) electrons. The van der Waals surface area contributed by atoms with Gasteiger partial charge in [0.1, 0.15) is 0 Å². The molecule has 2 saturated carbocycles. The van der Waals surface area contributed by atoms with Crippen molar-refractivity contribution in [2.75, 3.05) is 20.3 Å². The number of rotatable bonds is 5. The molecule has 1 amide bonds. The number of hydrogen-bond acceptors (Lipinski definition) is 3. The summed E-state index contributed by atoms with van der Waals surface area (Å²) in [6, 6.07) is 4.31. The van der Waals surface area contributed by atoms with Gasteiger partial charge >= 0.3 is 0 Å². The van der Waals surface area contributed by atoms with Crippen LogP contribution in [0.1, 0.15) is 51.2 Å². The average Bonchev–Trinajstić information content (AvgIpc) is 3.15. The molecule has 1 aromatic rings. The first-order valence-corrected chi connectivity index (χ1v) is 10.1. The molecule has 4 nitrogen and oxygen atoms in total. The molecule has 3 aliphatic rings. The third-order valence-electron chi connectivity index (χ3n) is 7.63. The molecule has 28 heavy (non-hydrogen) atoms. The molecule has 0 aromatic heterocycles. The van der Waals surface area contributed by atoms with E-state index in [1.165, 1.54) is 0 Å². The standard InChI is InChI=1S/C22H29F2NO3/c1-21(2)13-11-15-19(14-5-4-6-16(23)18(14)24)28-10-8-22(15,12-13)20(21)25-17(26)7-9-27-3/h4-6,13,15,19-20H,7-12H2,1-3H3,(H,25,26)/t13-,15-,19-,20+,22?/m1/s1. The van der Waals surface area contributed by atoms with E-state index in [0.29, 0.717) is 31.1 Å². The molecular weight excluding hydrogens is 364 g/mol. The Morgan fingerprint density at radius 1 is 1.36 bits per heavy atom. The monoisotopic (exact) mass is 393 g/mol. The molecule has 1 heterocycles. The highest BCUT2D eigenvalue weighted by Gasteiger charge is 2.68. The number of carbonyl (C=O) groups is 1. The fourth-order valence-electron chi connectivity index (χ4n) is 6.26. The zero-order chi connectivity index (χ0) is 20.1. The highest BCUT2D eigenvalue weighted by molar-refractivity contribution is 5.76. The zero-order valence-electron chi connectivity index (χ0n) is 16.8. The molecule has 5 atom stereocenters. The van der Waals surface area contributed by atoms with E-state index in [9.17, 15) is 13.6 Å². The molecule has 3 fully saturated rings. The number of fused-ring (bicyclic) bond motifs is 1. The van der Waals surface area contributed by atoms with Crippen LogP contribution in [0.4, 0.5) is 8.78 Å². The van der Waals surface area contributed by atoms with Gasteiger partial charge in [0.2, 0.25) is 5.91 Å². The summed E-state index contributed by atoms with van der Waals surface area (Å²) in [7, 11) is 1.58. The Bertz CT molecular complexity index is 768. The molecule has 1 aliphatic heterocycles. The van der Waals surface area contributed by atoms with Crippen LogP contribution < -0.4 is 5.32 Å². The van der Waals surface area contributed by atoms with Gasteiger partial charge in [0.25, 0.3) is 0 Å². The van der Waals surface area contributed by atoms with E-state index in [1.807, 2.05) is 0 Å². The van der Waals surface area contributed by atoms with Crippen molar-refractivity contribution in [2.45, 2.75) is 51.7 Å². The van der Waals surface area contributed by atoms with E-state index in [4.69, 9.17) is 9.47 Å². The molecule has 1 spiro atoms. The minimum Gasteiger partial charge on any atom is -0.384 e. The first-order chi connectivity index (χ1) is 13.3. The van der Waals surface area contributed by atoms with Crippen molar-refractivity contribution in [3.05, 3.63) is 35.4 Å². The molecule has 1 N–H and O–H groups in total. The van der Waals surface area contributed by atoms with Crippen molar-refractivity contribution >= 4 is 5.91 Å². The topological polar surface area (TPSA) is 47.6 Å². The van der Waals surface area contributed by atoms with Gasteiger partial charge in [-0.25, -0.2) is 8.78 Å². The Morgan fingerprint density at radius 2 is 2.14 bits per heavy atom. The van der Waals surface area contributed by atoms with Gasteiger partial charge in [-0.15, -0.1) is 0 Å². The molecule has 154 valence electrons. The molecule has 4 rings (SSSR count). The number of methoxy groups -OCH3 is 1. The van der Waals surface area contributed by atoms with Crippen LogP contribution in [-0.4, -0.2) is 32.3 Å². The summed E-state index contributed by atoms with van der Waals surface area (Å²) < 4.78 is 39.4. The summed E-state index contributed by atoms with van der Waals surface area (Å²) in [4.78, 5) is 12.5. The minimum absolute atomic E-state index is 0.00359. The maximum absolute atomic E-state index is 14.5. The summed E-state index contributed by atoms with van der Waals surface area (Å²) in [6.07, 6.45) is 2.60. The van der Waals surface area contributed by atoms with Crippen LogP contribution in [0.3, 0.4) is 0 Å². The first kappa shape index (κ1) is 19.8. The van der Waals surface area contributed by atoms with Gasteiger partial charge in [-0.3, -0.25) is 4.79 Å². The largest absolute Gasteiger partial charge is 0.384 e. The van der Waals surface area contributed by atoms with Crippen LogP contribution in [0, 0.1) is 34.3 Å². The molecule has 2 bridgehead atoms. The Kier molecular flexibility index (Phi) is 4.99. The summed E-state index contributed by atoms with van der Waals surface area (Å²) in [5.41, 5.74) is 0.124. The van der Waals surface area contributed by atoms with Crippen molar-refractivity contribution in [3.63, 3.8) is 0 Å². The lowest BCUT2D eigenvalue weighted by Gasteiger charge is -2.53. The van der Waals surface area contributed by atoms with Crippen LogP contribution in [0.5, 0.6) is 0 Å². The smallest absolute Gasteiger partial charge is 0.222 e. The van der Waals surface area contributed by atoms with Crippen molar-refractivity contribution in [1.29, 1.82) is 0 Å². The summed E-state index contributed by atoms with van der Waals surface area (Å²) in [5.74, 6) is -1.17. The van der Waals surface area contributed by atoms with Crippen molar-refractivity contribution < 1.29 is 23.0 Å². The maximum atomic E-state index is 14.5. The number of carbonyl (C=O) groups excluding carboxylic acids is 1. The number of amides is 1. The summed E-state index contributed by atoms with van der Waals surface area (Å²) in [6.45, 7) is 5.32. The summed E-state index contributed by atoms with van der Waals surface area (Å²) in [5, 5.41) is 3.28. The van der Waals surface area contributed by atoms with Gasteiger partial charge in [-0.2, -0.15) is 0 Å². The molecule has 1 aromatic carbocycles. The van der Waals surface area contributed by atoms with E-state index in [0.717, 1.165) is 25.3 Å². The second-order valence-electron chi connectivity index (χ2n) is 9.23. The van der Waals surface area contributed by atoms with E-state index in [-0.39, 0.29) is 28.7 Å². The van der Waals surface area contributed by atoms with Crippen LogP contribution in [-0.2, 0) is 14.3 Å². The second-order valence-corrected chi connectivity index (χ2v) is 9.23. The Balaban J connectivity index is 1.66. The lowest BCUT2D eigenvalue weighted by atomic mass is 9.58. The second kappa shape index (κ2) is 7.06. The number of halogens is 2. The van der Waals surface area contributed by atoms with Gasteiger partial charge < -0.3 is 14.8 Å². The predicted octanol–water partition coefficient (Wildman–Crippen LogP) is 4.00. The lowest BCUT2D eigenvalue weighted by Crippen LogP contribution is -2.59. The fraction of sp³-hybridized carbons (Fsp3) is 0.682. The van der Waals surface area contributed by atoms with Crippen molar-refractivity contribution in [1.82, 2.24) is 5.32 Å². The quantitative estimate of drug-likeness (QED) is 0.823. The van der Waals surface area contributed by atoms with E-state index >= 15 is 0 Å². The maximum Gasteiger partial charge on any atom is 0.222 e. The molecule has 1 unspecified atom stereocenters. The summed E-state index contributed by atoms with van der Waals surface area (Å²) >= 11 is 0. The van der Waals surface area contributed by atoms with Gasteiger partial charge in [-0.1, -0.05) is 26.0 Å². The van der Waals surface area contributed by atoms with E-state index < -0.39 is 17.7 Å². The van der Waals surface area contributed by atoms with Gasteiger partial charge in [-0.05, 0) is 48.0 Å². The third kappa shape index (κ3) is 2.88.